The smallest absolute Gasteiger partial charge is 0.251 e. The summed E-state index contributed by atoms with van der Waals surface area (Å²) in [5, 5.41) is 1.23. The van der Waals surface area contributed by atoms with Crippen molar-refractivity contribution in [2.24, 2.45) is 0 Å². The summed E-state index contributed by atoms with van der Waals surface area (Å²) in [4.78, 5) is 14.1. The van der Waals surface area contributed by atoms with Crippen LogP contribution in [-0.4, -0.2) is 62.4 Å². The first-order chi connectivity index (χ1) is 12.4. The van der Waals surface area contributed by atoms with Crippen molar-refractivity contribution < 1.29 is 17.9 Å². The fraction of sp³-hybridized carbons (Fsp3) is 0.526. The Morgan fingerprint density at radius 3 is 2.46 bits per heavy atom. The lowest BCUT2D eigenvalue weighted by Crippen LogP contribution is -2.52. The zero-order chi connectivity index (χ0) is 19.0. The quantitative estimate of drug-likeness (QED) is 0.649. The Bertz CT molecular complexity index is 696. The molecule has 1 saturated heterocycles. The maximum absolute atomic E-state index is 12.5. The molecule has 1 amide bonds. The van der Waals surface area contributed by atoms with Gasteiger partial charge in [-0.2, -0.15) is 4.31 Å². The summed E-state index contributed by atoms with van der Waals surface area (Å²) < 4.78 is 31.9. The van der Waals surface area contributed by atoms with Crippen LogP contribution in [0.3, 0.4) is 0 Å². The second-order valence-corrected chi connectivity index (χ2v) is 8.17. The summed E-state index contributed by atoms with van der Waals surface area (Å²) >= 11 is 0. The van der Waals surface area contributed by atoms with Crippen molar-refractivity contribution in [2.45, 2.75) is 32.8 Å². The first-order valence-electron chi connectivity index (χ1n) is 9.07. The van der Waals surface area contributed by atoms with Gasteiger partial charge in [-0.3, -0.25) is 4.79 Å². The molecule has 1 aromatic carbocycles. The van der Waals surface area contributed by atoms with E-state index in [0.29, 0.717) is 32.8 Å². The van der Waals surface area contributed by atoms with Crippen molar-refractivity contribution in [3.8, 4) is 0 Å². The normalized spacial score (nSPS) is 17.5. The topological polar surface area (TPSA) is 66.9 Å². The third kappa shape index (κ3) is 5.93. The summed E-state index contributed by atoms with van der Waals surface area (Å²) in [6, 6.07) is 9.31. The average Bonchev–Trinajstić information content (AvgIpc) is 2.67. The van der Waals surface area contributed by atoms with E-state index in [2.05, 4.69) is 6.92 Å². The molecule has 1 fully saturated rings. The molecule has 144 valence electrons. The van der Waals surface area contributed by atoms with Crippen LogP contribution in [-0.2, 0) is 19.6 Å². The molecule has 7 heteroatoms. The number of amides is 1. The van der Waals surface area contributed by atoms with E-state index in [1.807, 2.05) is 30.3 Å². The number of hydrogen-bond acceptors (Lipinski definition) is 4. The van der Waals surface area contributed by atoms with Crippen LogP contribution < -0.4 is 0 Å². The highest BCUT2D eigenvalue weighted by Crippen LogP contribution is 2.13. The Labute approximate surface area is 156 Å². The van der Waals surface area contributed by atoms with Gasteiger partial charge in [-0.15, -0.1) is 0 Å². The lowest BCUT2D eigenvalue weighted by Gasteiger charge is -2.34. The van der Waals surface area contributed by atoms with E-state index in [0.717, 1.165) is 18.4 Å². The Hall–Kier alpha value is -1.70. The maximum Gasteiger partial charge on any atom is 0.251 e. The standard InChI is InChI=1S/C19H28N2O4S/c1-3-4-15-25-17(2)19(22)20-11-13-21(14-12-20)26(23,24)16-10-18-8-6-5-7-9-18/h5-10,16-17H,3-4,11-15H2,1-2H3/b16-10+. The number of unbranched alkanes of at least 4 members (excludes halogenated alkanes) is 1. The second-order valence-electron chi connectivity index (χ2n) is 6.35. The molecular formula is C19H28N2O4S. The number of nitrogens with zero attached hydrogens (tertiary/aromatic N) is 2. The number of benzene rings is 1. The van der Waals surface area contributed by atoms with E-state index in [9.17, 15) is 13.2 Å². The summed E-state index contributed by atoms with van der Waals surface area (Å²) in [5.41, 5.74) is 0.836. The van der Waals surface area contributed by atoms with Crippen molar-refractivity contribution in [1.82, 2.24) is 9.21 Å². The molecule has 1 unspecified atom stereocenters. The molecule has 0 bridgehead atoms. The van der Waals surface area contributed by atoms with Crippen LogP contribution in [0.4, 0.5) is 0 Å². The van der Waals surface area contributed by atoms with Crippen molar-refractivity contribution in [2.75, 3.05) is 32.8 Å². The molecule has 1 aliphatic heterocycles. The molecular weight excluding hydrogens is 352 g/mol. The molecule has 0 aliphatic carbocycles. The van der Waals surface area contributed by atoms with Crippen molar-refractivity contribution in [3.63, 3.8) is 0 Å². The van der Waals surface area contributed by atoms with Gasteiger partial charge in [0.25, 0.3) is 5.91 Å². The lowest BCUT2D eigenvalue weighted by atomic mass is 10.2. The van der Waals surface area contributed by atoms with Crippen LogP contribution in [0, 0.1) is 0 Å². The third-order valence-corrected chi connectivity index (χ3v) is 5.92. The summed E-state index contributed by atoms with van der Waals surface area (Å²) in [5.74, 6) is -0.0713. The van der Waals surface area contributed by atoms with Crippen LogP contribution in [0.1, 0.15) is 32.3 Å². The highest BCUT2D eigenvalue weighted by molar-refractivity contribution is 7.92. The van der Waals surface area contributed by atoms with Gasteiger partial charge in [0.1, 0.15) is 6.10 Å². The number of piperazine rings is 1. The summed E-state index contributed by atoms with van der Waals surface area (Å²) in [6.07, 6.45) is 3.06. The van der Waals surface area contributed by atoms with Gasteiger partial charge in [0.15, 0.2) is 0 Å². The van der Waals surface area contributed by atoms with Crippen LogP contribution >= 0.6 is 0 Å². The maximum atomic E-state index is 12.5. The molecule has 2 rings (SSSR count). The van der Waals surface area contributed by atoms with E-state index in [1.165, 1.54) is 9.71 Å². The molecule has 0 spiro atoms. The van der Waals surface area contributed by atoms with Gasteiger partial charge >= 0.3 is 0 Å². The third-order valence-electron chi connectivity index (χ3n) is 4.36. The van der Waals surface area contributed by atoms with Crippen LogP contribution in [0.25, 0.3) is 6.08 Å². The van der Waals surface area contributed by atoms with Gasteiger partial charge in [0.2, 0.25) is 10.0 Å². The zero-order valence-corrected chi connectivity index (χ0v) is 16.3. The Morgan fingerprint density at radius 1 is 1.19 bits per heavy atom. The molecule has 0 radical (unpaired) electrons. The van der Waals surface area contributed by atoms with Crippen LogP contribution in [0.2, 0.25) is 0 Å². The fourth-order valence-corrected chi connectivity index (χ4v) is 3.88. The molecule has 1 aromatic rings. The molecule has 1 heterocycles. The molecule has 6 nitrogen and oxygen atoms in total. The second kappa shape index (κ2) is 9.85. The number of sulfonamides is 1. The molecule has 1 aliphatic rings. The van der Waals surface area contributed by atoms with Gasteiger partial charge in [-0.1, -0.05) is 43.7 Å². The van der Waals surface area contributed by atoms with Crippen molar-refractivity contribution in [3.05, 3.63) is 41.3 Å². The van der Waals surface area contributed by atoms with E-state index >= 15 is 0 Å². The van der Waals surface area contributed by atoms with Gasteiger partial charge in [0.05, 0.1) is 0 Å². The first-order valence-corrected chi connectivity index (χ1v) is 10.6. The Morgan fingerprint density at radius 2 is 1.85 bits per heavy atom. The zero-order valence-electron chi connectivity index (χ0n) is 15.5. The van der Waals surface area contributed by atoms with Crippen LogP contribution in [0.15, 0.2) is 35.7 Å². The van der Waals surface area contributed by atoms with Gasteiger partial charge in [-0.05, 0) is 25.0 Å². The van der Waals surface area contributed by atoms with E-state index in [4.69, 9.17) is 4.74 Å². The minimum Gasteiger partial charge on any atom is -0.369 e. The molecule has 0 N–H and O–H groups in total. The average molecular weight is 381 g/mol. The molecule has 26 heavy (non-hydrogen) atoms. The molecule has 1 atom stereocenters. The Balaban J connectivity index is 1.87. The number of ether oxygens (including phenoxy) is 1. The minimum absolute atomic E-state index is 0.0713. The van der Waals surface area contributed by atoms with Gasteiger partial charge < -0.3 is 9.64 Å². The number of hydrogen-bond donors (Lipinski definition) is 0. The predicted molar refractivity (Wildman–Crippen MR) is 103 cm³/mol. The lowest BCUT2D eigenvalue weighted by molar-refractivity contribution is -0.143. The van der Waals surface area contributed by atoms with Gasteiger partial charge in [-0.25, -0.2) is 8.42 Å². The van der Waals surface area contributed by atoms with Crippen LogP contribution in [0.5, 0.6) is 0 Å². The monoisotopic (exact) mass is 380 g/mol. The van der Waals surface area contributed by atoms with E-state index in [1.54, 1.807) is 17.9 Å². The van der Waals surface area contributed by atoms with Gasteiger partial charge in [0, 0.05) is 38.2 Å². The van der Waals surface area contributed by atoms with E-state index < -0.39 is 16.1 Å². The summed E-state index contributed by atoms with van der Waals surface area (Å²) in [6.45, 7) is 5.77. The highest BCUT2D eigenvalue weighted by Gasteiger charge is 2.29. The predicted octanol–water partition coefficient (Wildman–Crippen LogP) is 2.34. The number of carbonyl (C=O) groups is 1. The Kier molecular flexibility index (Phi) is 7.81. The van der Waals surface area contributed by atoms with Crippen molar-refractivity contribution in [1.29, 1.82) is 0 Å². The fourth-order valence-electron chi connectivity index (χ4n) is 2.71. The number of rotatable bonds is 8. The largest absolute Gasteiger partial charge is 0.369 e. The van der Waals surface area contributed by atoms with E-state index in [-0.39, 0.29) is 5.91 Å². The minimum atomic E-state index is -3.48. The SMILES string of the molecule is CCCCOC(C)C(=O)N1CCN(S(=O)(=O)/C=C/c2ccccc2)CC1. The number of carbonyl (C=O) groups excluding carboxylic acids is 1. The molecule has 0 saturated carbocycles. The summed E-state index contributed by atoms with van der Waals surface area (Å²) in [7, 11) is -3.48. The molecule has 0 aromatic heterocycles. The highest BCUT2D eigenvalue weighted by atomic mass is 32.2. The van der Waals surface area contributed by atoms with Crippen molar-refractivity contribution >= 4 is 22.0 Å². The first kappa shape index (κ1) is 20.6.